The maximum absolute atomic E-state index is 14.7. The fourth-order valence-corrected chi connectivity index (χ4v) is 6.90. The van der Waals surface area contributed by atoms with E-state index >= 15 is 0 Å². The highest BCUT2D eigenvalue weighted by Gasteiger charge is 2.26. The number of nitrogens with zero attached hydrogens (tertiary/aromatic N) is 4. The number of benzene rings is 3. The molecule has 1 amide bonds. The second-order valence-corrected chi connectivity index (χ2v) is 13.4. The molecule has 5 heterocycles. The van der Waals surface area contributed by atoms with Crippen LogP contribution in [0.25, 0.3) is 22.1 Å². The summed E-state index contributed by atoms with van der Waals surface area (Å²) in [5.74, 6) is 0.0204. The minimum absolute atomic E-state index is 0.0395. The van der Waals surface area contributed by atoms with Crippen molar-refractivity contribution in [2.75, 3.05) is 25.0 Å². The van der Waals surface area contributed by atoms with Crippen LogP contribution in [0, 0.1) is 11.6 Å². The first kappa shape index (κ1) is 33.1. The Balaban J connectivity index is 0.947. The first-order valence-electron chi connectivity index (χ1n) is 16.9. The molecule has 6 aromatic rings. The molecule has 3 aromatic carbocycles. The fourth-order valence-electron chi connectivity index (χ4n) is 6.74. The van der Waals surface area contributed by atoms with Gasteiger partial charge in [-0.1, -0.05) is 23.7 Å². The van der Waals surface area contributed by atoms with Gasteiger partial charge in [0.2, 0.25) is 5.88 Å². The number of carbonyl (C=O) groups is 1. The summed E-state index contributed by atoms with van der Waals surface area (Å²) < 4.78 is 42.7. The van der Waals surface area contributed by atoms with Gasteiger partial charge in [-0.2, -0.15) is 0 Å². The largest absolute Gasteiger partial charge is 0.473 e. The van der Waals surface area contributed by atoms with Crippen LogP contribution in [0.1, 0.15) is 52.6 Å². The first-order valence-corrected chi connectivity index (χ1v) is 17.2. The van der Waals surface area contributed by atoms with E-state index in [1.807, 2.05) is 18.2 Å². The van der Waals surface area contributed by atoms with Crippen molar-refractivity contribution < 1.29 is 23.0 Å². The van der Waals surface area contributed by atoms with Gasteiger partial charge in [-0.3, -0.25) is 9.69 Å². The minimum atomic E-state index is -0.661. The lowest BCUT2D eigenvalue weighted by atomic mass is 9.93. The van der Waals surface area contributed by atoms with Crippen molar-refractivity contribution in [3.8, 4) is 5.88 Å². The highest BCUT2D eigenvalue weighted by atomic mass is 35.5. The Kier molecular flexibility index (Phi) is 9.01. The maximum Gasteiger partial charge on any atom is 0.323 e. The Morgan fingerprint density at radius 2 is 1.78 bits per heavy atom. The SMILES string of the molecule is O=C(Nc1cc2[nH]c(=O)[nH]c2cc1F)c1ccc2c(c1)nc(CN1CCC(c3cccc(OCc4ccc(Cl)cc4F)n3)CC1)n2C[C@@H]1CCO1. The Morgan fingerprint density at radius 3 is 2.55 bits per heavy atom. The van der Waals surface area contributed by atoms with Crippen molar-refractivity contribution in [1.82, 2.24) is 29.4 Å². The average Bonchev–Trinajstić information content (AvgIpc) is 3.63. The molecule has 0 radical (unpaired) electrons. The van der Waals surface area contributed by atoms with Crippen LogP contribution in [-0.2, 0) is 24.4 Å². The van der Waals surface area contributed by atoms with Crippen molar-refractivity contribution >= 4 is 45.3 Å². The number of halogens is 3. The molecule has 11 nitrogen and oxygen atoms in total. The van der Waals surface area contributed by atoms with Gasteiger partial charge in [0.05, 0.1) is 46.9 Å². The molecule has 1 atom stereocenters. The molecule has 0 bridgehead atoms. The zero-order chi connectivity index (χ0) is 35.1. The Bertz CT molecular complexity index is 2310. The van der Waals surface area contributed by atoms with Crippen molar-refractivity contribution in [3.63, 3.8) is 0 Å². The number of likely N-dealkylation sites (tertiary alicyclic amines) is 1. The third-order valence-electron chi connectivity index (χ3n) is 9.63. The number of piperidine rings is 1. The van der Waals surface area contributed by atoms with E-state index in [2.05, 4.69) is 24.8 Å². The molecule has 0 saturated carbocycles. The van der Waals surface area contributed by atoms with Gasteiger partial charge in [0.15, 0.2) is 0 Å². The summed E-state index contributed by atoms with van der Waals surface area (Å²) in [6, 6.07) is 18.1. The summed E-state index contributed by atoms with van der Waals surface area (Å²) in [6.07, 6.45) is 2.87. The maximum atomic E-state index is 14.7. The van der Waals surface area contributed by atoms with Crippen LogP contribution in [0.15, 0.2) is 71.5 Å². The van der Waals surface area contributed by atoms with Crippen LogP contribution in [-0.4, -0.2) is 61.1 Å². The van der Waals surface area contributed by atoms with Gasteiger partial charge in [-0.05, 0) is 74.8 Å². The van der Waals surface area contributed by atoms with E-state index in [0.717, 1.165) is 56.0 Å². The van der Waals surface area contributed by atoms with Crippen molar-refractivity contribution in [3.05, 3.63) is 117 Å². The first-order chi connectivity index (χ1) is 24.8. The lowest BCUT2D eigenvalue weighted by Gasteiger charge is -2.32. The lowest BCUT2D eigenvalue weighted by Crippen LogP contribution is -2.35. The molecule has 2 aliphatic rings. The molecule has 3 aromatic heterocycles. The topological polar surface area (TPSA) is 130 Å². The van der Waals surface area contributed by atoms with Crippen LogP contribution in [0.2, 0.25) is 5.02 Å². The average molecular weight is 714 g/mol. The van der Waals surface area contributed by atoms with Crippen LogP contribution >= 0.6 is 11.6 Å². The number of hydrogen-bond donors (Lipinski definition) is 3. The summed E-state index contributed by atoms with van der Waals surface area (Å²) in [4.78, 5) is 42.0. The van der Waals surface area contributed by atoms with Crippen molar-refractivity contribution in [2.45, 2.75) is 51.0 Å². The van der Waals surface area contributed by atoms with Crippen LogP contribution in [0.5, 0.6) is 5.88 Å². The standard InChI is InChI=1S/C37H34ClF2N7O4/c38-24-6-4-23(26(39)15-24)20-51-35-3-1-2-28(42-35)21-8-11-46(12-9-21)19-34-41-32-14-22(5-7-33(32)47(34)18-25-10-13-50-25)36(48)43-29-17-31-30(16-27(29)40)44-37(49)45-31/h1-7,14-17,21,25H,8-13,18-20H2,(H,43,48)(H2,44,45,49)/t25-/m0/s1. The van der Waals surface area contributed by atoms with E-state index in [9.17, 15) is 18.4 Å². The van der Waals surface area contributed by atoms with Crippen LogP contribution < -0.4 is 15.7 Å². The number of aromatic nitrogens is 5. The van der Waals surface area contributed by atoms with Gasteiger partial charge in [-0.25, -0.2) is 23.5 Å². The van der Waals surface area contributed by atoms with Crippen LogP contribution in [0.3, 0.4) is 0 Å². The monoisotopic (exact) mass is 713 g/mol. The van der Waals surface area contributed by atoms with E-state index in [1.54, 1.807) is 30.3 Å². The zero-order valence-corrected chi connectivity index (χ0v) is 28.2. The molecule has 51 heavy (non-hydrogen) atoms. The molecular weight excluding hydrogens is 680 g/mol. The van der Waals surface area contributed by atoms with Gasteiger partial charge < -0.3 is 29.3 Å². The Hall–Kier alpha value is -5.11. The molecule has 3 N–H and O–H groups in total. The van der Waals surface area contributed by atoms with Crippen molar-refractivity contribution in [2.24, 2.45) is 0 Å². The highest BCUT2D eigenvalue weighted by Crippen LogP contribution is 2.30. The molecule has 2 aliphatic heterocycles. The van der Waals surface area contributed by atoms with E-state index < -0.39 is 23.2 Å². The number of ether oxygens (including phenoxy) is 2. The zero-order valence-electron chi connectivity index (χ0n) is 27.4. The smallest absolute Gasteiger partial charge is 0.323 e. The summed E-state index contributed by atoms with van der Waals surface area (Å²) in [7, 11) is 0. The molecule has 0 spiro atoms. The number of rotatable bonds is 10. The van der Waals surface area contributed by atoms with E-state index in [4.69, 9.17) is 31.0 Å². The number of nitrogens with one attached hydrogen (secondary N) is 3. The molecule has 2 fully saturated rings. The number of pyridine rings is 1. The molecule has 0 aliphatic carbocycles. The molecule has 0 unspecified atom stereocenters. The number of fused-ring (bicyclic) bond motifs is 2. The van der Waals surface area contributed by atoms with Crippen LogP contribution in [0.4, 0.5) is 14.5 Å². The van der Waals surface area contributed by atoms with E-state index in [0.29, 0.717) is 51.7 Å². The molecular formula is C37H34ClF2N7O4. The number of hydrogen-bond acceptors (Lipinski definition) is 7. The predicted octanol–water partition coefficient (Wildman–Crippen LogP) is 6.53. The van der Waals surface area contributed by atoms with E-state index in [1.165, 1.54) is 18.2 Å². The molecule has 262 valence electrons. The third kappa shape index (κ3) is 7.09. The number of imidazole rings is 2. The van der Waals surface area contributed by atoms with Crippen molar-refractivity contribution in [1.29, 1.82) is 0 Å². The van der Waals surface area contributed by atoms with Gasteiger partial charge in [-0.15, -0.1) is 0 Å². The number of amides is 1. The molecule has 8 rings (SSSR count). The Morgan fingerprint density at radius 1 is 0.980 bits per heavy atom. The number of aromatic amines is 2. The minimum Gasteiger partial charge on any atom is -0.473 e. The summed E-state index contributed by atoms with van der Waals surface area (Å²) in [5.41, 5.74) is 3.46. The van der Waals surface area contributed by atoms with Gasteiger partial charge in [0.1, 0.15) is 24.1 Å². The molecule has 14 heteroatoms. The van der Waals surface area contributed by atoms with E-state index in [-0.39, 0.29) is 24.3 Å². The number of anilines is 1. The molecule has 2 saturated heterocycles. The normalized spacial score (nSPS) is 16.8. The summed E-state index contributed by atoms with van der Waals surface area (Å²) >= 11 is 5.87. The third-order valence-corrected chi connectivity index (χ3v) is 9.86. The lowest BCUT2D eigenvalue weighted by molar-refractivity contribution is -0.0592. The second kappa shape index (κ2) is 13.9. The highest BCUT2D eigenvalue weighted by molar-refractivity contribution is 6.30. The fraction of sp³-hybridized carbons (Fsp3) is 0.297. The van der Waals surface area contributed by atoms with Gasteiger partial charge in [0, 0.05) is 46.5 Å². The van der Waals surface area contributed by atoms with Gasteiger partial charge in [0.25, 0.3) is 5.91 Å². The second-order valence-electron chi connectivity index (χ2n) is 13.0. The predicted molar refractivity (Wildman–Crippen MR) is 188 cm³/mol. The van der Waals surface area contributed by atoms with Gasteiger partial charge >= 0.3 is 5.69 Å². The number of carbonyl (C=O) groups excluding carboxylic acids is 1. The summed E-state index contributed by atoms with van der Waals surface area (Å²) in [6.45, 7) is 3.76. The number of H-pyrrole nitrogens is 2. The quantitative estimate of drug-likeness (QED) is 0.147. The Labute approximate surface area is 295 Å². The summed E-state index contributed by atoms with van der Waals surface area (Å²) in [5, 5.41) is 2.96.